The average Bonchev–Trinajstić information content (AvgIpc) is 2.93. The lowest BCUT2D eigenvalue weighted by atomic mass is 10.3. The number of fused-ring (bicyclic) bond motifs is 1. The maximum absolute atomic E-state index is 12.9. The number of nitrogens with zero attached hydrogens (tertiary/aromatic N) is 4. The molecule has 0 bridgehead atoms. The number of aromatic nitrogens is 4. The summed E-state index contributed by atoms with van der Waals surface area (Å²) in [6, 6.07) is 5.79. The topological polar surface area (TPSA) is 71.0 Å². The molecule has 0 saturated heterocycles. The van der Waals surface area contributed by atoms with Gasteiger partial charge in [0.15, 0.2) is 15.9 Å². The van der Waals surface area contributed by atoms with Gasteiger partial charge in [-0.05, 0) is 46.6 Å². The highest BCUT2D eigenvalue weighted by atomic mass is 79.9. The van der Waals surface area contributed by atoms with Crippen molar-refractivity contribution in [2.24, 2.45) is 14.1 Å². The first kappa shape index (κ1) is 17.4. The minimum Gasteiger partial charge on any atom is -0.494 e. The number of imidazole rings is 1. The molecule has 0 N–H and O–H groups in total. The Morgan fingerprint density at radius 2 is 1.84 bits per heavy atom. The van der Waals surface area contributed by atoms with Crippen LogP contribution in [0.15, 0.2) is 38.6 Å². The van der Waals surface area contributed by atoms with Crippen molar-refractivity contribution in [3.8, 4) is 5.75 Å². The van der Waals surface area contributed by atoms with Crippen LogP contribution >= 0.6 is 15.9 Å². The number of rotatable bonds is 5. The second-order valence-electron chi connectivity index (χ2n) is 5.57. The second-order valence-corrected chi connectivity index (χ2v) is 6.28. The zero-order valence-electron chi connectivity index (χ0n) is 13.7. The van der Waals surface area contributed by atoms with E-state index in [-0.39, 0.29) is 11.3 Å². The van der Waals surface area contributed by atoms with Crippen LogP contribution in [0.5, 0.6) is 5.75 Å². The SMILES string of the molecule is Cn1c(=O)c2nc(Br)n(CCCOc3ccc(F)cc3)c2n(C)c1=O. The number of halogens is 2. The normalized spacial score (nSPS) is 11.2. The largest absolute Gasteiger partial charge is 0.494 e. The zero-order valence-corrected chi connectivity index (χ0v) is 15.3. The van der Waals surface area contributed by atoms with Gasteiger partial charge in [-0.1, -0.05) is 0 Å². The van der Waals surface area contributed by atoms with Crippen LogP contribution < -0.4 is 16.0 Å². The van der Waals surface area contributed by atoms with Crippen LogP contribution in [-0.2, 0) is 20.6 Å². The highest BCUT2D eigenvalue weighted by Gasteiger charge is 2.17. The number of hydrogen-bond acceptors (Lipinski definition) is 4. The molecule has 7 nitrogen and oxygen atoms in total. The molecule has 9 heteroatoms. The summed E-state index contributed by atoms with van der Waals surface area (Å²) in [5, 5.41) is 0. The number of ether oxygens (including phenoxy) is 1. The van der Waals surface area contributed by atoms with Gasteiger partial charge in [-0.25, -0.2) is 14.2 Å². The van der Waals surface area contributed by atoms with E-state index in [0.29, 0.717) is 35.7 Å². The molecule has 2 heterocycles. The van der Waals surface area contributed by atoms with E-state index in [4.69, 9.17) is 4.74 Å². The lowest BCUT2D eigenvalue weighted by molar-refractivity contribution is 0.301. The van der Waals surface area contributed by atoms with Gasteiger partial charge in [0.2, 0.25) is 0 Å². The van der Waals surface area contributed by atoms with Crippen molar-refractivity contribution in [3.05, 3.63) is 55.7 Å². The van der Waals surface area contributed by atoms with Gasteiger partial charge in [-0.3, -0.25) is 13.9 Å². The second kappa shape index (κ2) is 6.83. The van der Waals surface area contributed by atoms with Crippen LogP contribution in [0.3, 0.4) is 0 Å². The van der Waals surface area contributed by atoms with Crippen molar-refractivity contribution >= 4 is 27.1 Å². The first-order valence-electron chi connectivity index (χ1n) is 7.60. The Morgan fingerprint density at radius 1 is 1.16 bits per heavy atom. The summed E-state index contributed by atoms with van der Waals surface area (Å²) >= 11 is 3.34. The van der Waals surface area contributed by atoms with Gasteiger partial charge in [-0.15, -0.1) is 0 Å². The average molecular weight is 411 g/mol. The van der Waals surface area contributed by atoms with Crippen LogP contribution in [-0.4, -0.2) is 25.3 Å². The van der Waals surface area contributed by atoms with Gasteiger partial charge in [-0.2, -0.15) is 0 Å². The molecule has 0 amide bonds. The van der Waals surface area contributed by atoms with Crippen molar-refractivity contribution in [1.82, 2.24) is 18.7 Å². The summed E-state index contributed by atoms with van der Waals surface area (Å²) in [4.78, 5) is 28.6. The van der Waals surface area contributed by atoms with E-state index in [0.717, 1.165) is 4.57 Å². The molecule has 0 unspecified atom stereocenters. The molecule has 0 aliphatic rings. The van der Waals surface area contributed by atoms with Crippen LogP contribution in [0, 0.1) is 5.82 Å². The molecule has 3 aromatic rings. The Balaban J connectivity index is 1.80. The molecular formula is C16H16BrFN4O3. The van der Waals surface area contributed by atoms with Crippen LogP contribution in [0.1, 0.15) is 6.42 Å². The molecule has 0 fully saturated rings. The van der Waals surface area contributed by atoms with Crippen LogP contribution in [0.25, 0.3) is 11.2 Å². The third-order valence-electron chi connectivity index (χ3n) is 3.90. The zero-order chi connectivity index (χ0) is 18.1. The molecule has 0 atom stereocenters. The van der Waals surface area contributed by atoms with Crippen molar-refractivity contribution in [1.29, 1.82) is 0 Å². The summed E-state index contributed by atoms with van der Waals surface area (Å²) < 4.78 is 23.1. The Hall–Kier alpha value is -2.42. The van der Waals surface area contributed by atoms with Crippen molar-refractivity contribution in [3.63, 3.8) is 0 Å². The molecule has 0 radical (unpaired) electrons. The summed E-state index contributed by atoms with van der Waals surface area (Å²) in [6.07, 6.45) is 0.616. The van der Waals surface area contributed by atoms with E-state index in [1.807, 2.05) is 0 Å². The third kappa shape index (κ3) is 3.23. The Kier molecular flexibility index (Phi) is 4.76. The number of aryl methyl sites for hydroxylation is 2. The molecular weight excluding hydrogens is 395 g/mol. The van der Waals surface area contributed by atoms with Crippen LogP contribution in [0.2, 0.25) is 0 Å². The highest BCUT2D eigenvalue weighted by Crippen LogP contribution is 2.17. The smallest absolute Gasteiger partial charge is 0.332 e. The summed E-state index contributed by atoms with van der Waals surface area (Å²) in [5.41, 5.74) is -0.147. The minimum absolute atomic E-state index is 0.232. The van der Waals surface area contributed by atoms with Gasteiger partial charge < -0.3 is 9.30 Å². The predicted octanol–water partition coefficient (Wildman–Crippen LogP) is 1.80. The fraction of sp³-hybridized carbons (Fsp3) is 0.312. The highest BCUT2D eigenvalue weighted by molar-refractivity contribution is 9.10. The van der Waals surface area contributed by atoms with E-state index >= 15 is 0 Å². The van der Waals surface area contributed by atoms with E-state index < -0.39 is 11.2 Å². The molecule has 2 aromatic heterocycles. The standard InChI is InChI=1S/C16H16BrFN4O3/c1-20-13-12(14(23)21(2)16(20)24)19-15(17)22(13)8-3-9-25-11-6-4-10(18)5-7-11/h4-7H,3,8-9H2,1-2H3. The first-order valence-corrected chi connectivity index (χ1v) is 8.39. The molecule has 132 valence electrons. The molecule has 25 heavy (non-hydrogen) atoms. The fourth-order valence-electron chi connectivity index (χ4n) is 2.60. The summed E-state index contributed by atoms with van der Waals surface area (Å²) in [5.74, 6) is 0.265. The summed E-state index contributed by atoms with van der Waals surface area (Å²) in [7, 11) is 3.03. The Morgan fingerprint density at radius 3 is 2.52 bits per heavy atom. The Labute approximate surface area is 150 Å². The van der Waals surface area contributed by atoms with Crippen molar-refractivity contribution in [2.45, 2.75) is 13.0 Å². The van der Waals surface area contributed by atoms with Crippen LogP contribution in [0.4, 0.5) is 4.39 Å². The van der Waals surface area contributed by atoms with Gasteiger partial charge in [0.1, 0.15) is 11.6 Å². The lowest BCUT2D eigenvalue weighted by Crippen LogP contribution is -2.37. The maximum atomic E-state index is 12.9. The van der Waals surface area contributed by atoms with E-state index in [1.165, 1.54) is 23.7 Å². The monoisotopic (exact) mass is 410 g/mol. The molecule has 0 aliphatic heterocycles. The number of benzene rings is 1. The predicted molar refractivity (Wildman–Crippen MR) is 94.4 cm³/mol. The van der Waals surface area contributed by atoms with Crippen molar-refractivity contribution in [2.75, 3.05) is 6.61 Å². The van der Waals surface area contributed by atoms with Gasteiger partial charge in [0.05, 0.1) is 6.61 Å². The third-order valence-corrected chi connectivity index (χ3v) is 4.51. The molecule has 0 spiro atoms. The first-order chi connectivity index (χ1) is 11.9. The fourth-order valence-corrected chi connectivity index (χ4v) is 3.13. The van der Waals surface area contributed by atoms with E-state index in [9.17, 15) is 14.0 Å². The van der Waals surface area contributed by atoms with Gasteiger partial charge >= 0.3 is 5.69 Å². The summed E-state index contributed by atoms with van der Waals surface area (Å²) in [6.45, 7) is 0.898. The lowest BCUT2D eigenvalue weighted by Gasteiger charge is -2.10. The van der Waals surface area contributed by atoms with Gasteiger partial charge in [0, 0.05) is 20.6 Å². The van der Waals surface area contributed by atoms with E-state index in [2.05, 4.69) is 20.9 Å². The molecule has 3 rings (SSSR count). The molecule has 0 saturated carbocycles. The molecule has 1 aromatic carbocycles. The number of hydrogen-bond donors (Lipinski definition) is 0. The maximum Gasteiger partial charge on any atom is 0.332 e. The van der Waals surface area contributed by atoms with Crippen molar-refractivity contribution < 1.29 is 9.13 Å². The minimum atomic E-state index is -0.430. The molecule has 0 aliphatic carbocycles. The quantitative estimate of drug-likeness (QED) is 0.474. The van der Waals surface area contributed by atoms with E-state index in [1.54, 1.807) is 23.7 Å². The Bertz CT molecular complexity index is 1040. The van der Waals surface area contributed by atoms with Gasteiger partial charge in [0.25, 0.3) is 5.56 Å².